The van der Waals surface area contributed by atoms with Crippen LogP contribution in [0.5, 0.6) is 23.0 Å². The van der Waals surface area contributed by atoms with Crippen molar-refractivity contribution in [1.82, 2.24) is 0 Å². The van der Waals surface area contributed by atoms with Crippen molar-refractivity contribution in [1.29, 1.82) is 0 Å². The molecule has 0 spiro atoms. The third kappa shape index (κ3) is 6.73. The van der Waals surface area contributed by atoms with E-state index in [9.17, 15) is 0 Å². The molecule has 0 radical (unpaired) electrons. The summed E-state index contributed by atoms with van der Waals surface area (Å²) >= 11 is 1.85. The number of rotatable bonds is 4. The fourth-order valence-electron chi connectivity index (χ4n) is 9.40. The summed E-state index contributed by atoms with van der Waals surface area (Å²) in [5.74, 6) is 3.46. The predicted octanol–water partition coefficient (Wildman–Crippen LogP) is 14.4. The lowest BCUT2D eigenvalue weighted by Gasteiger charge is -2.37. The molecule has 0 unspecified atom stereocenters. The molecular formula is C56H54BNO2S. The highest BCUT2D eigenvalue weighted by molar-refractivity contribution is 7.26. The molecule has 3 heterocycles. The van der Waals surface area contributed by atoms with Crippen LogP contribution in [0.3, 0.4) is 0 Å². The van der Waals surface area contributed by atoms with E-state index in [4.69, 9.17) is 9.47 Å². The molecule has 5 heteroatoms. The summed E-state index contributed by atoms with van der Waals surface area (Å²) in [7, 11) is 0. The Morgan fingerprint density at radius 2 is 1.03 bits per heavy atom. The summed E-state index contributed by atoms with van der Waals surface area (Å²) in [6.07, 6.45) is 0. The lowest BCUT2D eigenvalue weighted by Crippen LogP contribution is -2.57. The highest BCUT2D eigenvalue weighted by Gasteiger charge is 2.43. The van der Waals surface area contributed by atoms with Crippen molar-refractivity contribution < 1.29 is 9.47 Å². The van der Waals surface area contributed by atoms with Gasteiger partial charge in [0.25, 0.3) is 6.71 Å². The zero-order chi connectivity index (χ0) is 42.7. The lowest BCUT2D eigenvalue weighted by molar-refractivity contribution is 0.465. The summed E-state index contributed by atoms with van der Waals surface area (Å²) in [6.45, 7) is 24.8. The first-order chi connectivity index (χ1) is 28.9. The average Bonchev–Trinajstić information content (AvgIpc) is 3.58. The number of ether oxygens (including phenoxy) is 2. The van der Waals surface area contributed by atoms with E-state index >= 15 is 0 Å². The second-order valence-electron chi connectivity index (χ2n) is 20.4. The zero-order valence-corrected chi connectivity index (χ0v) is 38.2. The number of nitrogens with zero attached hydrogens (tertiary/aromatic N) is 1. The minimum atomic E-state index is -0.122. The SMILES string of the molecule is Cc1cc(C)cc(-c2cc3c4c(c2)Oc2c(cc5c(sc6ccccc65)c2N(c2ccc(C(C)(C)C)cc2)c2ccc(C(C)(C)C)cc2)B4c2cc(C(C)(C)C)ccc2O3)c1. The quantitative estimate of drug-likeness (QED) is 0.165. The molecule has 2 aliphatic heterocycles. The first-order valence-corrected chi connectivity index (χ1v) is 22.5. The van der Waals surface area contributed by atoms with Crippen LogP contribution in [0.15, 0.2) is 127 Å². The Bertz CT molecular complexity index is 2970. The molecule has 304 valence electrons. The van der Waals surface area contributed by atoms with Gasteiger partial charge in [0, 0.05) is 32.3 Å². The number of thiophene rings is 1. The molecule has 0 bridgehead atoms. The maximum Gasteiger partial charge on any atom is 0.260 e. The fourth-order valence-corrected chi connectivity index (χ4v) is 10.6. The van der Waals surface area contributed by atoms with Crippen molar-refractivity contribution >= 4 is 71.7 Å². The second kappa shape index (κ2) is 13.9. The van der Waals surface area contributed by atoms with E-state index in [0.717, 1.165) is 62.1 Å². The van der Waals surface area contributed by atoms with Gasteiger partial charge in [-0.1, -0.05) is 152 Å². The van der Waals surface area contributed by atoms with E-state index in [1.165, 1.54) is 53.5 Å². The van der Waals surface area contributed by atoms with Gasteiger partial charge in [-0.05, 0) is 117 Å². The van der Waals surface area contributed by atoms with Crippen LogP contribution in [-0.2, 0) is 16.2 Å². The topological polar surface area (TPSA) is 21.7 Å². The van der Waals surface area contributed by atoms with Gasteiger partial charge >= 0.3 is 0 Å². The molecule has 1 aromatic heterocycles. The van der Waals surface area contributed by atoms with Crippen LogP contribution in [0.2, 0.25) is 0 Å². The molecular weight excluding hydrogens is 761 g/mol. The number of benzene rings is 7. The molecule has 10 rings (SSSR count). The molecule has 7 aromatic carbocycles. The molecule has 3 nitrogen and oxygen atoms in total. The van der Waals surface area contributed by atoms with Crippen molar-refractivity contribution in [3.63, 3.8) is 0 Å². The maximum atomic E-state index is 7.56. The third-order valence-corrected chi connectivity index (χ3v) is 13.9. The second-order valence-corrected chi connectivity index (χ2v) is 21.5. The van der Waals surface area contributed by atoms with Crippen LogP contribution in [0.4, 0.5) is 17.1 Å². The van der Waals surface area contributed by atoms with Gasteiger partial charge in [-0.3, -0.25) is 0 Å². The molecule has 0 atom stereocenters. The fraction of sp³-hybridized carbons (Fsp3) is 0.250. The Balaban J connectivity index is 1.32. The largest absolute Gasteiger partial charge is 0.458 e. The number of fused-ring (bicyclic) bond motifs is 7. The summed E-state index contributed by atoms with van der Waals surface area (Å²) in [4.78, 5) is 2.46. The lowest BCUT2D eigenvalue weighted by atomic mass is 9.34. The van der Waals surface area contributed by atoms with Crippen molar-refractivity contribution in [2.45, 2.75) is 92.4 Å². The van der Waals surface area contributed by atoms with Gasteiger partial charge in [0.1, 0.15) is 28.7 Å². The Morgan fingerprint density at radius 3 is 1.62 bits per heavy atom. The van der Waals surface area contributed by atoms with Crippen LogP contribution in [0.25, 0.3) is 31.3 Å². The summed E-state index contributed by atoms with van der Waals surface area (Å²) < 4.78 is 17.0. The number of hydrogen-bond donors (Lipinski definition) is 0. The molecule has 61 heavy (non-hydrogen) atoms. The first-order valence-electron chi connectivity index (χ1n) is 21.7. The van der Waals surface area contributed by atoms with Crippen LogP contribution in [0.1, 0.15) is 90.1 Å². The number of aryl methyl sites for hydroxylation is 2. The number of hydrogen-bond acceptors (Lipinski definition) is 4. The van der Waals surface area contributed by atoms with E-state index in [2.05, 4.69) is 208 Å². The molecule has 0 fully saturated rings. The zero-order valence-electron chi connectivity index (χ0n) is 37.4. The Morgan fingerprint density at radius 1 is 0.492 bits per heavy atom. The highest BCUT2D eigenvalue weighted by atomic mass is 32.1. The van der Waals surface area contributed by atoms with Crippen LogP contribution >= 0.6 is 11.3 Å². The van der Waals surface area contributed by atoms with Gasteiger partial charge in [0.15, 0.2) is 0 Å². The van der Waals surface area contributed by atoms with Crippen molar-refractivity contribution in [2.75, 3.05) is 4.90 Å². The van der Waals surface area contributed by atoms with Crippen molar-refractivity contribution in [3.05, 3.63) is 155 Å². The smallest absolute Gasteiger partial charge is 0.260 e. The molecule has 8 aromatic rings. The summed E-state index contributed by atoms with van der Waals surface area (Å²) in [5.41, 5.74) is 15.2. The standard InChI is InChI=1S/C56H54BNO2S/c1-33-26-34(2)28-35(27-33)36-29-47-50-48(30-36)60-52-45(57(50)44-31-39(56(9,10)11)20-25-46(44)59-47)32-43-42-14-12-13-15-49(42)61-53(43)51(52)58(40-21-16-37(17-22-40)54(3,4)5)41-23-18-38(19-24-41)55(6,7)8/h12-32H,1-11H3. The average molecular weight is 816 g/mol. The van der Waals surface area contributed by atoms with Crippen molar-refractivity contribution in [3.8, 4) is 34.1 Å². The van der Waals surface area contributed by atoms with Gasteiger partial charge in [-0.15, -0.1) is 11.3 Å². The predicted molar refractivity (Wildman–Crippen MR) is 263 cm³/mol. The van der Waals surface area contributed by atoms with Gasteiger partial charge in [0.2, 0.25) is 0 Å². The monoisotopic (exact) mass is 815 g/mol. The van der Waals surface area contributed by atoms with Crippen LogP contribution < -0.4 is 30.8 Å². The summed E-state index contributed by atoms with van der Waals surface area (Å²) in [5, 5.41) is 2.49. The molecule has 0 N–H and O–H groups in total. The third-order valence-electron chi connectivity index (χ3n) is 12.7. The van der Waals surface area contributed by atoms with Gasteiger partial charge in [0.05, 0.1) is 4.70 Å². The Kier molecular flexibility index (Phi) is 8.95. The van der Waals surface area contributed by atoms with Gasteiger partial charge in [-0.25, -0.2) is 0 Å². The first kappa shape index (κ1) is 39.4. The van der Waals surface area contributed by atoms with Crippen molar-refractivity contribution in [2.24, 2.45) is 0 Å². The van der Waals surface area contributed by atoms with E-state index < -0.39 is 0 Å². The van der Waals surface area contributed by atoms with Gasteiger partial charge < -0.3 is 14.4 Å². The molecule has 0 amide bonds. The van der Waals surface area contributed by atoms with Crippen LogP contribution in [0, 0.1) is 13.8 Å². The molecule has 0 aliphatic carbocycles. The maximum absolute atomic E-state index is 7.56. The molecule has 0 saturated carbocycles. The number of anilines is 3. The van der Waals surface area contributed by atoms with Gasteiger partial charge in [-0.2, -0.15) is 0 Å². The minimum absolute atomic E-state index is 0.0167. The molecule has 2 aliphatic rings. The highest BCUT2D eigenvalue weighted by Crippen LogP contribution is 2.52. The minimum Gasteiger partial charge on any atom is -0.458 e. The Labute approximate surface area is 366 Å². The van der Waals surface area contributed by atoms with E-state index in [-0.39, 0.29) is 23.0 Å². The van der Waals surface area contributed by atoms with Crippen LogP contribution in [-0.4, -0.2) is 6.71 Å². The normalized spacial score (nSPS) is 13.4. The van der Waals surface area contributed by atoms with E-state index in [1.54, 1.807) is 0 Å². The Hall–Kier alpha value is -5.78. The van der Waals surface area contributed by atoms with E-state index in [1.807, 2.05) is 11.3 Å². The summed E-state index contributed by atoms with van der Waals surface area (Å²) in [6, 6.07) is 47.7. The molecule has 0 saturated heterocycles. The van der Waals surface area contributed by atoms with E-state index in [0.29, 0.717) is 0 Å².